The molecule has 2 heterocycles. The van der Waals surface area contributed by atoms with Gasteiger partial charge in [0.25, 0.3) is 0 Å². The molecule has 124 valence electrons. The number of amides is 1. The van der Waals surface area contributed by atoms with E-state index in [1.807, 2.05) is 6.92 Å². The standard InChI is InChI=1S/C14H20F3N3O2/c1-10-3-6-20(7-4-10)11(21)9-13(22,14(15,16)17)12-18-5-8-19(12)2/h5,8,10,22H,3-4,6-7,9H2,1-2H3. The fourth-order valence-corrected chi connectivity index (χ4v) is 2.66. The van der Waals surface area contributed by atoms with E-state index in [0.29, 0.717) is 19.0 Å². The number of aromatic nitrogens is 2. The maximum atomic E-state index is 13.4. The average molecular weight is 319 g/mol. The minimum Gasteiger partial charge on any atom is -0.374 e. The molecule has 8 heteroatoms. The molecule has 0 spiro atoms. The summed E-state index contributed by atoms with van der Waals surface area (Å²) in [7, 11) is 1.35. The van der Waals surface area contributed by atoms with Crippen molar-refractivity contribution in [2.45, 2.75) is 38.0 Å². The predicted octanol–water partition coefficient (Wildman–Crippen LogP) is 1.82. The van der Waals surface area contributed by atoms with Crippen LogP contribution in [0, 0.1) is 5.92 Å². The number of carbonyl (C=O) groups is 1. The zero-order valence-electron chi connectivity index (χ0n) is 12.6. The quantitative estimate of drug-likeness (QED) is 0.924. The van der Waals surface area contributed by atoms with Crippen molar-refractivity contribution in [3.05, 3.63) is 18.2 Å². The second-order valence-electron chi connectivity index (χ2n) is 5.96. The number of aryl methyl sites for hydroxylation is 1. The number of rotatable bonds is 3. The van der Waals surface area contributed by atoms with Crippen LogP contribution in [0.4, 0.5) is 13.2 Å². The molecule has 1 aliphatic heterocycles. The van der Waals surface area contributed by atoms with Crippen molar-refractivity contribution in [1.29, 1.82) is 0 Å². The molecule has 1 aliphatic rings. The number of carbonyl (C=O) groups excluding carboxylic acids is 1. The van der Waals surface area contributed by atoms with Crippen molar-refractivity contribution < 1.29 is 23.1 Å². The van der Waals surface area contributed by atoms with Crippen molar-refractivity contribution in [3.8, 4) is 0 Å². The highest BCUT2D eigenvalue weighted by Crippen LogP contribution is 2.41. The smallest absolute Gasteiger partial charge is 0.374 e. The van der Waals surface area contributed by atoms with Gasteiger partial charge in [-0.25, -0.2) is 4.98 Å². The summed E-state index contributed by atoms with van der Waals surface area (Å²) < 4.78 is 41.2. The molecule has 22 heavy (non-hydrogen) atoms. The van der Waals surface area contributed by atoms with Crippen LogP contribution in [0.15, 0.2) is 12.4 Å². The third-order valence-electron chi connectivity index (χ3n) is 4.20. The summed E-state index contributed by atoms with van der Waals surface area (Å²) in [5, 5.41) is 10.2. The van der Waals surface area contributed by atoms with Crippen LogP contribution in [0.5, 0.6) is 0 Å². The molecule has 1 saturated heterocycles. The molecule has 1 atom stereocenters. The number of hydrogen-bond donors (Lipinski definition) is 1. The number of nitrogens with zero attached hydrogens (tertiary/aromatic N) is 3. The van der Waals surface area contributed by atoms with Gasteiger partial charge in [0.05, 0.1) is 6.42 Å². The minimum absolute atomic E-state index is 0.425. The topological polar surface area (TPSA) is 58.4 Å². The Bertz CT molecular complexity index is 536. The highest BCUT2D eigenvalue weighted by Gasteiger charge is 2.59. The first-order chi connectivity index (χ1) is 10.1. The molecule has 0 saturated carbocycles. The maximum absolute atomic E-state index is 13.4. The van der Waals surface area contributed by atoms with E-state index in [1.54, 1.807) is 0 Å². The molecule has 0 radical (unpaired) electrons. The Morgan fingerprint density at radius 1 is 1.41 bits per heavy atom. The van der Waals surface area contributed by atoms with Gasteiger partial charge in [-0.3, -0.25) is 4.79 Å². The molecule has 1 unspecified atom stereocenters. The summed E-state index contributed by atoms with van der Waals surface area (Å²) >= 11 is 0. The lowest BCUT2D eigenvalue weighted by atomic mass is 9.94. The lowest BCUT2D eigenvalue weighted by molar-refractivity contribution is -0.272. The van der Waals surface area contributed by atoms with Crippen LogP contribution >= 0.6 is 0 Å². The van der Waals surface area contributed by atoms with E-state index < -0.39 is 29.9 Å². The Hall–Kier alpha value is -1.57. The number of aliphatic hydroxyl groups is 1. The summed E-state index contributed by atoms with van der Waals surface area (Å²) in [6, 6.07) is 0. The first-order valence-electron chi connectivity index (χ1n) is 7.20. The van der Waals surface area contributed by atoms with Gasteiger partial charge in [0, 0.05) is 32.5 Å². The number of halogens is 3. The van der Waals surface area contributed by atoms with Gasteiger partial charge in [0.2, 0.25) is 11.5 Å². The molecule has 5 nitrogen and oxygen atoms in total. The summed E-state index contributed by atoms with van der Waals surface area (Å²) in [6.07, 6.45) is -2.03. The Kier molecular flexibility index (Phi) is 4.51. The van der Waals surface area contributed by atoms with Crippen LogP contribution in [-0.2, 0) is 17.4 Å². The molecule has 0 aromatic carbocycles. The predicted molar refractivity (Wildman–Crippen MR) is 72.8 cm³/mol. The molecule has 1 fully saturated rings. The van der Waals surface area contributed by atoms with Crippen LogP contribution in [0.1, 0.15) is 32.0 Å². The van der Waals surface area contributed by atoms with E-state index in [-0.39, 0.29) is 0 Å². The number of hydrogen-bond acceptors (Lipinski definition) is 3. The number of imidazole rings is 1. The normalized spacial score (nSPS) is 20.0. The Morgan fingerprint density at radius 3 is 2.45 bits per heavy atom. The average Bonchev–Trinajstić information content (AvgIpc) is 2.84. The van der Waals surface area contributed by atoms with Crippen molar-refractivity contribution in [1.82, 2.24) is 14.5 Å². The molecule has 0 bridgehead atoms. The van der Waals surface area contributed by atoms with Crippen molar-refractivity contribution in [3.63, 3.8) is 0 Å². The number of alkyl halides is 3. The monoisotopic (exact) mass is 319 g/mol. The van der Waals surface area contributed by atoms with Gasteiger partial charge < -0.3 is 14.6 Å². The zero-order chi connectivity index (χ0) is 16.5. The summed E-state index contributed by atoms with van der Waals surface area (Å²) in [6.45, 7) is 2.89. The second kappa shape index (κ2) is 5.91. The molecule has 1 aromatic heterocycles. The first-order valence-corrected chi connectivity index (χ1v) is 7.20. The Morgan fingerprint density at radius 2 is 2.00 bits per heavy atom. The maximum Gasteiger partial charge on any atom is 0.425 e. The lowest BCUT2D eigenvalue weighted by Gasteiger charge is -2.34. The molecule has 2 rings (SSSR count). The molecule has 1 amide bonds. The summed E-state index contributed by atoms with van der Waals surface area (Å²) in [5.41, 5.74) is -3.27. The van der Waals surface area contributed by atoms with E-state index >= 15 is 0 Å². The second-order valence-corrected chi connectivity index (χ2v) is 5.96. The third-order valence-corrected chi connectivity index (χ3v) is 4.20. The van der Waals surface area contributed by atoms with Gasteiger partial charge in [0.1, 0.15) is 0 Å². The van der Waals surface area contributed by atoms with Crippen LogP contribution in [0.3, 0.4) is 0 Å². The van der Waals surface area contributed by atoms with Crippen molar-refractivity contribution in [2.24, 2.45) is 13.0 Å². The largest absolute Gasteiger partial charge is 0.425 e. The molecular formula is C14H20F3N3O2. The van der Waals surface area contributed by atoms with Crippen molar-refractivity contribution in [2.75, 3.05) is 13.1 Å². The van der Waals surface area contributed by atoms with Gasteiger partial charge >= 0.3 is 6.18 Å². The highest BCUT2D eigenvalue weighted by molar-refractivity contribution is 5.77. The zero-order valence-corrected chi connectivity index (χ0v) is 12.6. The molecule has 1 N–H and O–H groups in total. The summed E-state index contributed by atoms with van der Waals surface area (Å²) in [4.78, 5) is 17.2. The summed E-state index contributed by atoms with van der Waals surface area (Å²) in [5.74, 6) is -0.812. The number of likely N-dealkylation sites (tertiary alicyclic amines) is 1. The highest BCUT2D eigenvalue weighted by atomic mass is 19.4. The van der Waals surface area contributed by atoms with E-state index in [1.165, 1.54) is 24.3 Å². The van der Waals surface area contributed by atoms with E-state index in [0.717, 1.165) is 17.4 Å². The van der Waals surface area contributed by atoms with Crippen LogP contribution in [0.2, 0.25) is 0 Å². The van der Waals surface area contributed by atoms with Crippen LogP contribution < -0.4 is 0 Å². The van der Waals surface area contributed by atoms with Gasteiger partial charge in [0.15, 0.2) is 5.82 Å². The SMILES string of the molecule is CC1CCN(C(=O)CC(O)(c2nccn2C)C(F)(F)F)CC1. The van der Waals surface area contributed by atoms with E-state index in [9.17, 15) is 23.1 Å². The lowest BCUT2D eigenvalue weighted by Crippen LogP contribution is -2.49. The molecular weight excluding hydrogens is 299 g/mol. The van der Waals surface area contributed by atoms with Gasteiger partial charge in [-0.1, -0.05) is 6.92 Å². The fraction of sp³-hybridized carbons (Fsp3) is 0.714. The first kappa shape index (κ1) is 16.8. The van der Waals surface area contributed by atoms with Crippen LogP contribution in [-0.4, -0.2) is 44.7 Å². The molecule has 0 aliphatic carbocycles. The molecule has 1 aromatic rings. The van der Waals surface area contributed by atoms with E-state index in [4.69, 9.17) is 0 Å². The fourth-order valence-electron chi connectivity index (χ4n) is 2.66. The van der Waals surface area contributed by atoms with Gasteiger partial charge in [-0.05, 0) is 18.8 Å². The number of piperidine rings is 1. The minimum atomic E-state index is -4.98. The third kappa shape index (κ3) is 3.11. The van der Waals surface area contributed by atoms with Gasteiger partial charge in [-0.2, -0.15) is 13.2 Å². The van der Waals surface area contributed by atoms with Gasteiger partial charge in [-0.15, -0.1) is 0 Å². The Labute approximate surface area is 126 Å². The van der Waals surface area contributed by atoms with Crippen molar-refractivity contribution >= 4 is 5.91 Å². The van der Waals surface area contributed by atoms with E-state index in [2.05, 4.69) is 4.98 Å². The van der Waals surface area contributed by atoms with Crippen LogP contribution in [0.25, 0.3) is 0 Å². The Balaban J connectivity index is 2.21.